The molecule has 5 nitrogen and oxygen atoms in total. The third kappa shape index (κ3) is 6.90. The number of anilines is 2. The molecule has 0 fully saturated rings. The Morgan fingerprint density at radius 2 is 1.73 bits per heavy atom. The van der Waals surface area contributed by atoms with Gasteiger partial charge >= 0.3 is 6.18 Å². The van der Waals surface area contributed by atoms with E-state index in [2.05, 4.69) is 10.6 Å². The molecule has 172 valence electrons. The van der Waals surface area contributed by atoms with Gasteiger partial charge in [-0.3, -0.25) is 9.59 Å². The van der Waals surface area contributed by atoms with Crippen molar-refractivity contribution in [2.24, 2.45) is 0 Å². The lowest BCUT2D eigenvalue weighted by Crippen LogP contribution is -2.15. The van der Waals surface area contributed by atoms with Crippen molar-refractivity contribution < 1.29 is 27.5 Å². The molecule has 0 unspecified atom stereocenters. The Bertz CT molecular complexity index is 1150. The second kappa shape index (κ2) is 10.6. The van der Waals surface area contributed by atoms with Crippen molar-refractivity contribution in [3.8, 4) is 5.75 Å². The van der Waals surface area contributed by atoms with Crippen LogP contribution in [-0.4, -0.2) is 24.7 Å². The highest BCUT2D eigenvalue weighted by Crippen LogP contribution is 2.34. The first kappa shape index (κ1) is 24.5. The van der Waals surface area contributed by atoms with Crippen LogP contribution in [0, 0.1) is 0 Å². The van der Waals surface area contributed by atoms with E-state index in [9.17, 15) is 22.8 Å². The van der Waals surface area contributed by atoms with Gasteiger partial charge in [-0.05, 0) is 60.7 Å². The van der Waals surface area contributed by atoms with E-state index < -0.39 is 17.6 Å². The van der Waals surface area contributed by atoms with E-state index >= 15 is 0 Å². The maximum atomic E-state index is 12.9. The average Bonchev–Trinajstić information content (AvgIpc) is 2.78. The number of carbonyl (C=O) groups excluding carboxylic acids is 2. The van der Waals surface area contributed by atoms with Crippen LogP contribution < -0.4 is 15.4 Å². The van der Waals surface area contributed by atoms with Gasteiger partial charge in [0.2, 0.25) is 5.91 Å². The highest BCUT2D eigenvalue weighted by atomic mass is 35.5. The first-order valence-electron chi connectivity index (χ1n) is 9.50. The van der Waals surface area contributed by atoms with Crippen molar-refractivity contribution in [3.05, 3.63) is 82.9 Å². The summed E-state index contributed by atoms with van der Waals surface area (Å²) in [6.07, 6.45) is -4.55. The molecule has 0 aromatic heterocycles. The largest absolute Gasteiger partial charge is 0.497 e. The summed E-state index contributed by atoms with van der Waals surface area (Å²) in [4.78, 5) is 25.3. The Morgan fingerprint density at radius 3 is 2.39 bits per heavy atom. The first-order valence-corrected chi connectivity index (χ1v) is 10.9. The first-order chi connectivity index (χ1) is 15.7. The van der Waals surface area contributed by atoms with Gasteiger partial charge in [0, 0.05) is 16.1 Å². The van der Waals surface area contributed by atoms with E-state index in [1.54, 1.807) is 48.5 Å². The molecular formula is C23H18ClF3N2O3S. The van der Waals surface area contributed by atoms with Crippen LogP contribution in [0.15, 0.2) is 71.6 Å². The van der Waals surface area contributed by atoms with E-state index in [0.717, 1.165) is 30.0 Å². The molecule has 0 aliphatic carbocycles. The number of alkyl halides is 3. The fourth-order valence-corrected chi connectivity index (χ4v) is 3.66. The lowest BCUT2D eigenvalue weighted by atomic mass is 10.2. The standard InChI is InChI=1S/C23H18ClF3N2O3S/c1-32-17-8-5-14(6-9-17)22(31)28-16-3-2-4-18(12-16)33-13-21(30)29-20-11-15(23(25,26)27)7-10-19(20)24/h2-12H,13H2,1H3,(H,28,31)(H,29,30). The van der Waals surface area contributed by atoms with Crippen LogP contribution in [0.4, 0.5) is 24.5 Å². The van der Waals surface area contributed by atoms with E-state index in [-0.39, 0.29) is 22.4 Å². The number of nitrogens with one attached hydrogen (secondary N) is 2. The molecule has 0 aliphatic rings. The number of rotatable bonds is 7. The van der Waals surface area contributed by atoms with Gasteiger partial charge in [0.25, 0.3) is 5.91 Å². The highest BCUT2D eigenvalue weighted by Gasteiger charge is 2.31. The minimum Gasteiger partial charge on any atom is -0.497 e. The van der Waals surface area contributed by atoms with Crippen LogP contribution in [0.3, 0.4) is 0 Å². The van der Waals surface area contributed by atoms with Gasteiger partial charge < -0.3 is 15.4 Å². The molecule has 0 heterocycles. The van der Waals surface area contributed by atoms with Crippen LogP contribution in [0.25, 0.3) is 0 Å². The van der Waals surface area contributed by atoms with Gasteiger partial charge in [0.05, 0.1) is 29.1 Å². The van der Waals surface area contributed by atoms with Gasteiger partial charge in [-0.15, -0.1) is 11.8 Å². The molecular weight excluding hydrogens is 477 g/mol. The van der Waals surface area contributed by atoms with Gasteiger partial charge in [0.1, 0.15) is 5.75 Å². The lowest BCUT2D eigenvalue weighted by molar-refractivity contribution is -0.137. The van der Waals surface area contributed by atoms with Gasteiger partial charge in [0.15, 0.2) is 0 Å². The Hall–Kier alpha value is -3.17. The highest BCUT2D eigenvalue weighted by molar-refractivity contribution is 8.00. The van der Waals surface area contributed by atoms with Crippen molar-refractivity contribution in [1.82, 2.24) is 0 Å². The molecule has 3 aromatic carbocycles. The second-order valence-electron chi connectivity index (χ2n) is 6.74. The molecule has 3 rings (SSSR count). The normalized spacial score (nSPS) is 11.1. The summed E-state index contributed by atoms with van der Waals surface area (Å²) >= 11 is 7.07. The summed E-state index contributed by atoms with van der Waals surface area (Å²) in [5, 5.41) is 5.18. The van der Waals surface area contributed by atoms with Crippen LogP contribution in [0.5, 0.6) is 5.75 Å². The summed E-state index contributed by atoms with van der Waals surface area (Å²) < 4.78 is 43.7. The molecule has 0 saturated carbocycles. The molecule has 33 heavy (non-hydrogen) atoms. The van der Waals surface area contributed by atoms with Crippen molar-refractivity contribution in [3.63, 3.8) is 0 Å². The fourth-order valence-electron chi connectivity index (χ4n) is 2.74. The molecule has 2 N–H and O–H groups in total. The number of carbonyl (C=O) groups is 2. The molecule has 0 spiro atoms. The zero-order valence-corrected chi connectivity index (χ0v) is 18.8. The topological polar surface area (TPSA) is 67.4 Å². The smallest absolute Gasteiger partial charge is 0.416 e. The van der Waals surface area contributed by atoms with Gasteiger partial charge in [-0.2, -0.15) is 13.2 Å². The molecule has 10 heteroatoms. The molecule has 0 bridgehead atoms. The number of methoxy groups -OCH3 is 1. The van der Waals surface area contributed by atoms with Gasteiger partial charge in [-0.25, -0.2) is 0 Å². The maximum Gasteiger partial charge on any atom is 0.416 e. The van der Waals surface area contributed by atoms with Crippen LogP contribution in [0.2, 0.25) is 5.02 Å². The van der Waals surface area contributed by atoms with Crippen molar-refractivity contribution in [1.29, 1.82) is 0 Å². The number of hydrogen-bond donors (Lipinski definition) is 2. The molecule has 0 atom stereocenters. The van der Waals surface area contributed by atoms with E-state index in [1.807, 2.05) is 0 Å². The Labute approximate surface area is 197 Å². The molecule has 3 aromatic rings. The molecule has 0 aliphatic heterocycles. The van der Waals surface area contributed by atoms with Crippen molar-refractivity contribution in [2.45, 2.75) is 11.1 Å². The van der Waals surface area contributed by atoms with Gasteiger partial charge in [-0.1, -0.05) is 17.7 Å². The number of benzene rings is 3. The molecule has 0 saturated heterocycles. The predicted octanol–water partition coefficient (Wildman–Crippen LogP) is 6.35. The van der Waals surface area contributed by atoms with Crippen LogP contribution in [0.1, 0.15) is 15.9 Å². The Kier molecular flexibility index (Phi) is 7.88. The molecule has 2 amide bonds. The Morgan fingerprint density at radius 1 is 1.00 bits per heavy atom. The number of halogens is 4. The van der Waals surface area contributed by atoms with Crippen molar-refractivity contribution >= 4 is 46.6 Å². The number of hydrogen-bond acceptors (Lipinski definition) is 4. The third-order valence-electron chi connectivity index (χ3n) is 4.38. The van der Waals surface area contributed by atoms with E-state index in [1.165, 1.54) is 7.11 Å². The predicted molar refractivity (Wildman–Crippen MR) is 123 cm³/mol. The number of thioether (sulfide) groups is 1. The minimum absolute atomic E-state index is 0.00425. The Balaban J connectivity index is 1.59. The minimum atomic E-state index is -4.55. The van der Waals surface area contributed by atoms with Crippen LogP contribution >= 0.6 is 23.4 Å². The number of ether oxygens (including phenoxy) is 1. The lowest BCUT2D eigenvalue weighted by Gasteiger charge is -2.12. The summed E-state index contributed by atoms with van der Waals surface area (Å²) in [5.74, 6) is -0.261. The zero-order chi connectivity index (χ0) is 24.0. The summed E-state index contributed by atoms with van der Waals surface area (Å²) in [5.41, 5.74) is -0.0406. The molecule has 0 radical (unpaired) electrons. The summed E-state index contributed by atoms with van der Waals surface area (Å²) in [6, 6.07) is 16.2. The SMILES string of the molecule is COc1ccc(C(=O)Nc2cccc(SCC(=O)Nc3cc(C(F)(F)F)ccc3Cl)c2)cc1. The van der Waals surface area contributed by atoms with E-state index in [4.69, 9.17) is 16.3 Å². The monoisotopic (exact) mass is 494 g/mol. The second-order valence-corrected chi connectivity index (χ2v) is 8.20. The van der Waals surface area contributed by atoms with Crippen LogP contribution in [-0.2, 0) is 11.0 Å². The summed E-state index contributed by atoms with van der Waals surface area (Å²) in [6.45, 7) is 0. The third-order valence-corrected chi connectivity index (χ3v) is 5.71. The maximum absolute atomic E-state index is 12.9. The average molecular weight is 495 g/mol. The van der Waals surface area contributed by atoms with E-state index in [0.29, 0.717) is 21.9 Å². The zero-order valence-electron chi connectivity index (χ0n) is 17.2. The summed E-state index contributed by atoms with van der Waals surface area (Å²) in [7, 11) is 1.53. The number of amides is 2. The fraction of sp³-hybridized carbons (Fsp3) is 0.130. The van der Waals surface area contributed by atoms with Crippen molar-refractivity contribution in [2.75, 3.05) is 23.5 Å². The quantitative estimate of drug-likeness (QED) is 0.375.